The summed E-state index contributed by atoms with van der Waals surface area (Å²) in [6, 6.07) is 0. The highest BCUT2D eigenvalue weighted by Crippen LogP contribution is 2.23. The Morgan fingerprint density at radius 2 is 2.50 bits per heavy atom. The minimum atomic E-state index is 0.725. The van der Waals surface area contributed by atoms with Crippen molar-refractivity contribution in [2.45, 2.75) is 12.8 Å². The van der Waals surface area contributed by atoms with E-state index in [1.807, 2.05) is 0 Å². The minimum absolute atomic E-state index is 0.725. The van der Waals surface area contributed by atoms with E-state index in [1.165, 1.54) is 13.0 Å². The Labute approximate surface area is 61.8 Å². The molecule has 0 saturated carbocycles. The Hall–Kier alpha value is -0.560. The largest absolute Gasteiger partial charge is 0.316 e. The summed E-state index contributed by atoms with van der Waals surface area (Å²) in [5.41, 5.74) is 1.65. The molecule has 1 aliphatic heterocycles. The van der Waals surface area contributed by atoms with Crippen LogP contribution in [0.3, 0.4) is 0 Å². The molecule has 1 fully saturated rings. The van der Waals surface area contributed by atoms with Gasteiger partial charge in [0.25, 0.3) is 0 Å². The van der Waals surface area contributed by atoms with Crippen molar-refractivity contribution in [3.05, 3.63) is 23.8 Å². The quantitative estimate of drug-likeness (QED) is 0.496. The number of allylic oxidation sites excluding steroid dienone is 2. The monoisotopic (exact) mass is 135 g/mol. The first kappa shape index (κ1) is 6.17. The normalized spacial score (nSPS) is 31.2. The lowest BCUT2D eigenvalue weighted by Gasteiger charge is -2.25. The summed E-state index contributed by atoms with van der Waals surface area (Å²) in [4.78, 5) is 0. The Morgan fingerprint density at radius 3 is 3.40 bits per heavy atom. The maximum atomic E-state index is 3.39. The second kappa shape index (κ2) is 2.59. The van der Waals surface area contributed by atoms with Gasteiger partial charge in [-0.2, -0.15) is 0 Å². The highest BCUT2D eigenvalue weighted by Gasteiger charge is 2.16. The lowest BCUT2D eigenvalue weighted by molar-refractivity contribution is 0.529. The topological polar surface area (TPSA) is 12.0 Å². The molecule has 1 heteroatoms. The van der Waals surface area contributed by atoms with Gasteiger partial charge < -0.3 is 5.32 Å². The summed E-state index contributed by atoms with van der Waals surface area (Å²) in [6.45, 7) is 2.33. The van der Waals surface area contributed by atoms with Crippen molar-refractivity contribution in [3.8, 4) is 0 Å². The van der Waals surface area contributed by atoms with Crippen LogP contribution in [-0.2, 0) is 0 Å². The summed E-state index contributed by atoms with van der Waals surface area (Å²) in [5, 5.41) is 3.39. The number of hydrogen-bond donors (Lipinski definition) is 1. The summed E-state index contributed by atoms with van der Waals surface area (Å²) < 4.78 is 0. The molecule has 0 spiro atoms. The fourth-order valence-electron chi connectivity index (χ4n) is 1.71. The van der Waals surface area contributed by atoms with Gasteiger partial charge in [-0.15, -0.1) is 0 Å². The number of piperidine rings is 1. The lowest BCUT2D eigenvalue weighted by Crippen LogP contribution is -2.31. The van der Waals surface area contributed by atoms with E-state index in [1.54, 1.807) is 5.57 Å². The standard InChI is InChI=1S/C9H13N/c1-2-4-9-7-10-6-5-8(9)3-1/h2-4,9-10H,1,5-7H2. The minimum Gasteiger partial charge on any atom is -0.316 e. The van der Waals surface area contributed by atoms with Crippen LogP contribution in [-0.4, -0.2) is 13.1 Å². The van der Waals surface area contributed by atoms with Crippen LogP contribution in [0.2, 0.25) is 0 Å². The summed E-state index contributed by atoms with van der Waals surface area (Å²) in [6.07, 6.45) is 9.40. The van der Waals surface area contributed by atoms with Crippen molar-refractivity contribution >= 4 is 0 Å². The van der Waals surface area contributed by atoms with Gasteiger partial charge >= 0.3 is 0 Å². The van der Waals surface area contributed by atoms with Crippen molar-refractivity contribution in [2.24, 2.45) is 5.92 Å². The first-order valence-electron chi connectivity index (χ1n) is 4.03. The first-order chi connectivity index (χ1) is 4.97. The van der Waals surface area contributed by atoms with Gasteiger partial charge in [-0.1, -0.05) is 23.8 Å². The molecule has 1 heterocycles. The van der Waals surface area contributed by atoms with Crippen molar-refractivity contribution < 1.29 is 0 Å². The van der Waals surface area contributed by atoms with Gasteiger partial charge in [0.15, 0.2) is 0 Å². The summed E-state index contributed by atoms with van der Waals surface area (Å²) in [7, 11) is 0. The van der Waals surface area contributed by atoms with E-state index in [0.717, 1.165) is 18.9 Å². The predicted molar refractivity (Wildman–Crippen MR) is 42.8 cm³/mol. The van der Waals surface area contributed by atoms with E-state index in [9.17, 15) is 0 Å². The summed E-state index contributed by atoms with van der Waals surface area (Å²) >= 11 is 0. The molecule has 1 aliphatic carbocycles. The van der Waals surface area contributed by atoms with Crippen LogP contribution < -0.4 is 5.32 Å². The second-order valence-electron chi connectivity index (χ2n) is 3.00. The molecule has 2 rings (SSSR count). The zero-order chi connectivity index (χ0) is 6.81. The van der Waals surface area contributed by atoms with E-state index in [0.29, 0.717) is 0 Å². The molecular weight excluding hydrogens is 122 g/mol. The number of rotatable bonds is 0. The molecule has 0 radical (unpaired) electrons. The molecule has 1 atom stereocenters. The van der Waals surface area contributed by atoms with E-state index in [2.05, 4.69) is 23.5 Å². The fourth-order valence-corrected chi connectivity index (χ4v) is 1.71. The van der Waals surface area contributed by atoms with Crippen LogP contribution in [0.5, 0.6) is 0 Å². The molecule has 1 saturated heterocycles. The molecule has 2 aliphatic rings. The third-order valence-corrected chi connectivity index (χ3v) is 2.32. The zero-order valence-electron chi connectivity index (χ0n) is 6.14. The van der Waals surface area contributed by atoms with Crippen molar-refractivity contribution in [3.63, 3.8) is 0 Å². The molecule has 54 valence electrons. The van der Waals surface area contributed by atoms with Gasteiger partial charge in [-0.05, 0) is 19.4 Å². The van der Waals surface area contributed by atoms with E-state index in [4.69, 9.17) is 0 Å². The van der Waals surface area contributed by atoms with Crippen LogP contribution in [0.4, 0.5) is 0 Å². The molecule has 10 heavy (non-hydrogen) atoms. The smallest absolute Gasteiger partial charge is 0.0103 e. The van der Waals surface area contributed by atoms with Gasteiger partial charge in [0.05, 0.1) is 0 Å². The van der Waals surface area contributed by atoms with Crippen molar-refractivity contribution in [1.29, 1.82) is 0 Å². The Balaban J connectivity index is 2.13. The number of hydrogen-bond acceptors (Lipinski definition) is 1. The average Bonchev–Trinajstić information content (AvgIpc) is 2.05. The average molecular weight is 135 g/mol. The van der Waals surface area contributed by atoms with Crippen LogP contribution >= 0.6 is 0 Å². The highest BCUT2D eigenvalue weighted by atomic mass is 14.9. The van der Waals surface area contributed by atoms with E-state index in [-0.39, 0.29) is 0 Å². The molecule has 0 amide bonds. The van der Waals surface area contributed by atoms with Gasteiger partial charge in [0, 0.05) is 12.5 Å². The van der Waals surface area contributed by atoms with Gasteiger partial charge in [-0.25, -0.2) is 0 Å². The zero-order valence-corrected chi connectivity index (χ0v) is 6.14. The Kier molecular flexibility index (Phi) is 1.60. The van der Waals surface area contributed by atoms with E-state index < -0.39 is 0 Å². The van der Waals surface area contributed by atoms with E-state index >= 15 is 0 Å². The third kappa shape index (κ3) is 1.01. The Morgan fingerprint density at radius 1 is 1.50 bits per heavy atom. The van der Waals surface area contributed by atoms with Gasteiger partial charge in [-0.3, -0.25) is 0 Å². The van der Waals surface area contributed by atoms with Crippen LogP contribution in [0, 0.1) is 5.92 Å². The lowest BCUT2D eigenvalue weighted by atomic mass is 9.88. The SMILES string of the molecule is C1=CC2CNCCC2=CC1. The molecule has 1 unspecified atom stereocenters. The van der Waals surface area contributed by atoms with Crippen molar-refractivity contribution in [1.82, 2.24) is 5.32 Å². The van der Waals surface area contributed by atoms with Gasteiger partial charge in [0.2, 0.25) is 0 Å². The van der Waals surface area contributed by atoms with Crippen LogP contribution in [0.25, 0.3) is 0 Å². The molecule has 0 aromatic heterocycles. The molecule has 1 N–H and O–H groups in total. The van der Waals surface area contributed by atoms with Crippen molar-refractivity contribution in [2.75, 3.05) is 13.1 Å². The van der Waals surface area contributed by atoms with Gasteiger partial charge in [0.1, 0.15) is 0 Å². The summed E-state index contributed by atoms with van der Waals surface area (Å²) in [5.74, 6) is 0.725. The first-order valence-corrected chi connectivity index (χ1v) is 4.03. The molecule has 0 aromatic rings. The molecule has 1 nitrogen and oxygen atoms in total. The maximum Gasteiger partial charge on any atom is 0.0103 e. The molecule has 0 bridgehead atoms. The second-order valence-corrected chi connectivity index (χ2v) is 3.00. The predicted octanol–water partition coefficient (Wildman–Crippen LogP) is 1.48. The third-order valence-electron chi connectivity index (χ3n) is 2.32. The maximum absolute atomic E-state index is 3.39. The number of nitrogens with one attached hydrogen (secondary N) is 1. The number of fused-ring (bicyclic) bond motifs is 1. The van der Waals surface area contributed by atoms with Crippen LogP contribution in [0.15, 0.2) is 23.8 Å². The highest BCUT2D eigenvalue weighted by molar-refractivity contribution is 5.22. The molecule has 0 aromatic carbocycles. The fraction of sp³-hybridized carbons (Fsp3) is 0.556. The Bertz CT molecular complexity index is 179. The molecular formula is C9H13N. The van der Waals surface area contributed by atoms with Crippen LogP contribution in [0.1, 0.15) is 12.8 Å².